The quantitative estimate of drug-likeness (QED) is 0.394. The number of hydrogen-bond acceptors (Lipinski definition) is 4. The van der Waals surface area contributed by atoms with Crippen LogP contribution in [0.25, 0.3) is 16.9 Å². The summed E-state index contributed by atoms with van der Waals surface area (Å²) >= 11 is 0. The summed E-state index contributed by atoms with van der Waals surface area (Å²) in [4.78, 5) is 21.9. The molecule has 33 heavy (non-hydrogen) atoms. The fraction of sp³-hybridized carbons (Fsp3) is 0.167. The lowest BCUT2D eigenvalue weighted by Gasteiger charge is -2.26. The van der Waals surface area contributed by atoms with Gasteiger partial charge in [-0.3, -0.25) is 13.6 Å². The molecular weight excluding hydrogens is 426 g/mol. The van der Waals surface area contributed by atoms with Crippen molar-refractivity contribution < 1.29 is 8.78 Å². The Balaban J connectivity index is 1.58. The molecule has 2 aromatic carbocycles. The predicted octanol–water partition coefficient (Wildman–Crippen LogP) is 4.08. The second-order valence-electron chi connectivity index (χ2n) is 7.86. The lowest BCUT2D eigenvalue weighted by atomic mass is 9.91. The Bertz CT molecular complexity index is 1460. The number of rotatable bonds is 6. The largest absolute Gasteiger partial charge is 0.334 e. The molecule has 0 aliphatic carbocycles. The molecule has 0 saturated carbocycles. The lowest BCUT2D eigenvalue weighted by molar-refractivity contribution is 0.361. The summed E-state index contributed by atoms with van der Waals surface area (Å²) in [7, 11) is 0. The number of halogens is 2. The van der Waals surface area contributed by atoms with E-state index >= 15 is 0 Å². The third-order valence-electron chi connectivity index (χ3n) is 5.85. The maximum absolute atomic E-state index is 14.8. The van der Waals surface area contributed by atoms with Crippen molar-refractivity contribution in [1.82, 2.24) is 28.7 Å². The molecule has 9 heteroatoms. The van der Waals surface area contributed by atoms with Gasteiger partial charge in [0.05, 0.1) is 12.2 Å². The summed E-state index contributed by atoms with van der Waals surface area (Å²) in [6.07, 6.45) is 6.26. The minimum atomic E-state index is -0.671. The number of imidazole rings is 1. The van der Waals surface area contributed by atoms with E-state index < -0.39 is 23.6 Å². The van der Waals surface area contributed by atoms with E-state index in [9.17, 15) is 13.6 Å². The zero-order chi connectivity index (χ0) is 22.9. The first-order chi connectivity index (χ1) is 16.0. The zero-order valence-electron chi connectivity index (χ0n) is 17.7. The molecule has 0 radical (unpaired) electrons. The number of fused-ring (bicyclic) bond motifs is 1. The van der Waals surface area contributed by atoms with Gasteiger partial charge in [-0.25, -0.2) is 23.5 Å². The molecule has 0 amide bonds. The van der Waals surface area contributed by atoms with Crippen molar-refractivity contribution in [2.24, 2.45) is 0 Å². The van der Waals surface area contributed by atoms with Crippen LogP contribution in [-0.4, -0.2) is 28.7 Å². The van der Waals surface area contributed by atoms with Gasteiger partial charge in [-0.1, -0.05) is 36.4 Å². The molecule has 0 N–H and O–H groups in total. The first-order valence-corrected chi connectivity index (χ1v) is 10.4. The van der Waals surface area contributed by atoms with Crippen molar-refractivity contribution in [2.75, 3.05) is 0 Å². The number of hydrogen-bond donors (Lipinski definition) is 0. The highest BCUT2D eigenvalue weighted by Gasteiger charge is 2.26. The Morgan fingerprint density at radius 3 is 2.61 bits per heavy atom. The second kappa shape index (κ2) is 8.42. The lowest BCUT2D eigenvalue weighted by Crippen LogP contribution is -2.32. The molecule has 2 atom stereocenters. The molecule has 0 fully saturated rings. The standard InChI is InChI=1S/C24H20F2N6O/c1-16(20(12-30-15-27-14-28-30)19-8-7-18(25)11-21(19)26)31-10-9-23-29-22(13-32(23)24(31)33)17-5-3-2-4-6-17/h2-11,13-16,20H,12H2,1H3. The third-order valence-corrected chi connectivity index (χ3v) is 5.85. The molecule has 2 unspecified atom stereocenters. The van der Waals surface area contributed by atoms with E-state index in [-0.39, 0.29) is 12.2 Å². The van der Waals surface area contributed by atoms with Crippen molar-refractivity contribution >= 4 is 5.65 Å². The highest BCUT2D eigenvalue weighted by Crippen LogP contribution is 2.31. The Labute approximate surface area is 187 Å². The molecule has 5 rings (SSSR count). The first kappa shape index (κ1) is 20.7. The summed E-state index contributed by atoms with van der Waals surface area (Å²) in [5.74, 6) is -1.84. The zero-order valence-corrected chi connectivity index (χ0v) is 17.7. The van der Waals surface area contributed by atoms with Crippen molar-refractivity contribution in [2.45, 2.75) is 25.4 Å². The van der Waals surface area contributed by atoms with Crippen LogP contribution in [-0.2, 0) is 6.54 Å². The van der Waals surface area contributed by atoms with Crippen LogP contribution in [0.5, 0.6) is 0 Å². The summed E-state index contributed by atoms with van der Waals surface area (Å²) < 4.78 is 32.9. The molecule has 3 aromatic heterocycles. The van der Waals surface area contributed by atoms with E-state index in [1.54, 1.807) is 23.1 Å². The molecule has 0 aliphatic heterocycles. The van der Waals surface area contributed by atoms with Crippen LogP contribution in [0.2, 0.25) is 0 Å². The summed E-state index contributed by atoms with van der Waals surface area (Å²) in [5, 5.41) is 4.12. The summed E-state index contributed by atoms with van der Waals surface area (Å²) in [6, 6.07) is 14.3. The van der Waals surface area contributed by atoms with Gasteiger partial charge < -0.3 is 0 Å². The van der Waals surface area contributed by atoms with E-state index in [4.69, 9.17) is 0 Å². The number of nitrogens with zero attached hydrogens (tertiary/aromatic N) is 6. The Morgan fingerprint density at radius 2 is 1.88 bits per heavy atom. The van der Waals surface area contributed by atoms with Gasteiger partial charge in [0, 0.05) is 36.0 Å². The van der Waals surface area contributed by atoms with Crippen molar-refractivity contribution in [3.8, 4) is 11.3 Å². The molecule has 0 spiro atoms. The van der Waals surface area contributed by atoms with Crippen LogP contribution in [0.15, 0.2) is 84.4 Å². The summed E-state index contributed by atoms with van der Waals surface area (Å²) in [6.45, 7) is 2.08. The van der Waals surface area contributed by atoms with Crippen LogP contribution in [0.3, 0.4) is 0 Å². The minimum absolute atomic E-state index is 0.257. The molecule has 166 valence electrons. The van der Waals surface area contributed by atoms with Gasteiger partial charge >= 0.3 is 5.69 Å². The third kappa shape index (κ3) is 3.93. The van der Waals surface area contributed by atoms with E-state index in [0.29, 0.717) is 16.9 Å². The molecule has 0 saturated heterocycles. The fourth-order valence-electron chi connectivity index (χ4n) is 4.09. The van der Waals surface area contributed by atoms with Crippen molar-refractivity contribution in [1.29, 1.82) is 0 Å². The van der Waals surface area contributed by atoms with Gasteiger partial charge in [-0.2, -0.15) is 5.10 Å². The fourth-order valence-corrected chi connectivity index (χ4v) is 4.09. The average Bonchev–Trinajstić information content (AvgIpc) is 3.49. The van der Waals surface area contributed by atoms with Crippen LogP contribution < -0.4 is 5.69 Å². The molecule has 5 aromatic rings. The van der Waals surface area contributed by atoms with Gasteiger partial charge in [0.25, 0.3) is 0 Å². The van der Waals surface area contributed by atoms with Crippen LogP contribution in [0, 0.1) is 11.6 Å². The maximum atomic E-state index is 14.8. The Morgan fingerprint density at radius 1 is 1.06 bits per heavy atom. The van der Waals surface area contributed by atoms with Gasteiger partial charge in [0.15, 0.2) is 0 Å². The van der Waals surface area contributed by atoms with E-state index in [0.717, 1.165) is 11.6 Å². The minimum Gasteiger partial charge on any atom is -0.297 e. The molecule has 7 nitrogen and oxygen atoms in total. The highest BCUT2D eigenvalue weighted by atomic mass is 19.1. The maximum Gasteiger partial charge on any atom is 0.334 e. The summed E-state index contributed by atoms with van der Waals surface area (Å²) in [5.41, 5.74) is 2.09. The van der Waals surface area contributed by atoms with Gasteiger partial charge in [0.2, 0.25) is 0 Å². The Kier molecular flexibility index (Phi) is 5.29. The monoisotopic (exact) mass is 446 g/mol. The van der Waals surface area contributed by atoms with Gasteiger partial charge in [-0.05, 0) is 24.6 Å². The second-order valence-corrected chi connectivity index (χ2v) is 7.86. The molecule has 0 bridgehead atoms. The highest BCUT2D eigenvalue weighted by molar-refractivity contribution is 5.62. The molecule has 3 heterocycles. The van der Waals surface area contributed by atoms with E-state index in [1.165, 1.54) is 33.8 Å². The normalized spacial score (nSPS) is 13.3. The Hall–Kier alpha value is -4.14. The van der Waals surface area contributed by atoms with Crippen LogP contribution >= 0.6 is 0 Å². The van der Waals surface area contributed by atoms with Crippen LogP contribution in [0.4, 0.5) is 8.78 Å². The molecular formula is C24H20F2N6O. The van der Waals surface area contributed by atoms with E-state index in [2.05, 4.69) is 15.1 Å². The van der Waals surface area contributed by atoms with Crippen LogP contribution in [0.1, 0.15) is 24.4 Å². The smallest absolute Gasteiger partial charge is 0.297 e. The molecule has 0 aliphatic rings. The van der Waals surface area contributed by atoms with Crippen molar-refractivity contribution in [3.63, 3.8) is 0 Å². The first-order valence-electron chi connectivity index (χ1n) is 10.4. The van der Waals surface area contributed by atoms with E-state index in [1.807, 2.05) is 37.3 Å². The average molecular weight is 446 g/mol. The predicted molar refractivity (Wildman–Crippen MR) is 119 cm³/mol. The topological polar surface area (TPSA) is 70.0 Å². The number of aromatic nitrogens is 6. The van der Waals surface area contributed by atoms with Gasteiger partial charge in [0.1, 0.15) is 29.9 Å². The SMILES string of the molecule is CC(C(Cn1cncn1)c1ccc(F)cc1F)n1ccc2nc(-c3ccccc3)cn2c1=O. The van der Waals surface area contributed by atoms with Gasteiger partial charge in [-0.15, -0.1) is 0 Å². The van der Waals surface area contributed by atoms with Crippen molar-refractivity contribution in [3.05, 3.63) is 107 Å². The number of benzene rings is 2.